The highest BCUT2D eigenvalue weighted by molar-refractivity contribution is 5.85. The van der Waals surface area contributed by atoms with Gasteiger partial charge < -0.3 is 35.5 Å². The molecule has 0 spiro atoms. The van der Waals surface area contributed by atoms with Gasteiger partial charge in [-0.15, -0.1) is 0 Å². The molecule has 4 N–H and O–H groups in total. The van der Waals surface area contributed by atoms with Gasteiger partial charge >= 0.3 is 18.2 Å². The first kappa shape index (κ1) is 44.6. The van der Waals surface area contributed by atoms with Gasteiger partial charge in [-0.3, -0.25) is 9.59 Å². The van der Waals surface area contributed by atoms with E-state index < -0.39 is 30.2 Å². The van der Waals surface area contributed by atoms with E-state index in [0.29, 0.717) is 45.1 Å². The van der Waals surface area contributed by atoms with E-state index in [0.717, 1.165) is 24.0 Å². The number of hydrogen-bond donors (Lipinski definition) is 4. The maximum Gasteiger partial charge on any atom is 0.408 e. The summed E-state index contributed by atoms with van der Waals surface area (Å²) >= 11 is 0. The molecule has 0 unspecified atom stereocenters. The maximum atomic E-state index is 13.2. The summed E-state index contributed by atoms with van der Waals surface area (Å²) < 4.78 is 15.4. The fourth-order valence-corrected chi connectivity index (χ4v) is 5.67. The van der Waals surface area contributed by atoms with Crippen LogP contribution in [0.4, 0.5) is 9.59 Å². The molecule has 0 saturated heterocycles. The largest absolute Gasteiger partial charge is 0.467 e. The molecule has 0 bridgehead atoms. The van der Waals surface area contributed by atoms with Gasteiger partial charge in [-0.05, 0) is 56.1 Å². The highest BCUT2D eigenvalue weighted by Gasteiger charge is 2.23. The number of rotatable bonds is 28. The van der Waals surface area contributed by atoms with E-state index in [1.807, 2.05) is 60.7 Å². The number of carbonyl (C=O) groups excluding carboxylic acids is 5. The van der Waals surface area contributed by atoms with Gasteiger partial charge in [-0.1, -0.05) is 119 Å². The molecule has 2 aromatic rings. The molecule has 0 fully saturated rings. The van der Waals surface area contributed by atoms with E-state index in [2.05, 4.69) is 28.2 Å². The molecular weight excluding hydrogens is 676 g/mol. The quantitative estimate of drug-likeness (QED) is 0.0404. The van der Waals surface area contributed by atoms with Crippen molar-refractivity contribution in [3.8, 4) is 0 Å². The molecule has 4 amide bonds. The number of ether oxygens (including phenoxy) is 3. The maximum absolute atomic E-state index is 13.2. The third kappa shape index (κ3) is 22.2. The van der Waals surface area contributed by atoms with Crippen molar-refractivity contribution in [2.45, 2.75) is 135 Å². The van der Waals surface area contributed by atoms with Crippen LogP contribution in [0.25, 0.3) is 0 Å². The first-order chi connectivity index (χ1) is 25.8. The number of carbonyl (C=O) groups is 5. The first-order valence-electron chi connectivity index (χ1n) is 19.4. The SMILES string of the molecule is CCCCCCCCCCCC(=O)NCCCC[C@H](NC(=O)OCc1ccccc1)C(=O)NCCCC[C@H](NC(=O)OCc1ccccc1)C(=O)OC. The number of unbranched alkanes of at least 4 members (excludes halogenated alkanes) is 10. The summed E-state index contributed by atoms with van der Waals surface area (Å²) in [6.07, 6.45) is 12.8. The van der Waals surface area contributed by atoms with Gasteiger partial charge in [0.1, 0.15) is 25.3 Å². The number of esters is 1. The van der Waals surface area contributed by atoms with Crippen LogP contribution in [-0.2, 0) is 41.8 Å². The Morgan fingerprint density at radius 2 is 1.04 bits per heavy atom. The minimum Gasteiger partial charge on any atom is -0.467 e. The van der Waals surface area contributed by atoms with Crippen molar-refractivity contribution in [1.29, 1.82) is 0 Å². The van der Waals surface area contributed by atoms with Crippen LogP contribution in [0.2, 0.25) is 0 Å². The van der Waals surface area contributed by atoms with Gasteiger partial charge in [0.05, 0.1) is 7.11 Å². The van der Waals surface area contributed by atoms with Crippen molar-refractivity contribution >= 4 is 30.0 Å². The monoisotopic (exact) mass is 738 g/mol. The molecule has 0 radical (unpaired) electrons. The molecule has 0 saturated carbocycles. The molecule has 2 atom stereocenters. The van der Waals surface area contributed by atoms with Gasteiger partial charge in [0.25, 0.3) is 0 Å². The van der Waals surface area contributed by atoms with E-state index >= 15 is 0 Å². The second-order valence-corrected chi connectivity index (χ2v) is 13.3. The standard InChI is InChI=1S/C41H62N4O8/c1-3-4-5-6-7-8-9-10-17-28-37(46)42-29-20-18-26-35(44-40(49)52-31-33-22-13-11-14-23-33)38(47)43-30-21-19-27-36(39(48)51-2)45-41(50)53-32-34-24-15-12-16-25-34/h11-16,22-25,35-36H,3-10,17-21,26-32H2,1-2H3,(H,42,46)(H,43,47)(H,44,49)(H,45,50)/t35-,36-/m0/s1. The van der Waals surface area contributed by atoms with Crippen molar-refractivity contribution in [3.63, 3.8) is 0 Å². The molecule has 0 aliphatic carbocycles. The number of benzene rings is 2. The lowest BCUT2D eigenvalue weighted by atomic mass is 10.1. The van der Waals surface area contributed by atoms with Gasteiger partial charge in [-0.25, -0.2) is 14.4 Å². The summed E-state index contributed by atoms with van der Waals surface area (Å²) in [5.74, 6) is -0.912. The zero-order valence-electron chi connectivity index (χ0n) is 31.8. The number of nitrogens with one attached hydrogen (secondary N) is 4. The average molecular weight is 739 g/mol. The first-order valence-corrected chi connectivity index (χ1v) is 19.4. The minimum atomic E-state index is -0.904. The Hall–Kier alpha value is -4.61. The summed E-state index contributed by atoms with van der Waals surface area (Å²) in [5.41, 5.74) is 1.64. The molecule has 53 heavy (non-hydrogen) atoms. The van der Waals surface area contributed by atoms with E-state index in [9.17, 15) is 24.0 Å². The van der Waals surface area contributed by atoms with Crippen LogP contribution in [0.15, 0.2) is 60.7 Å². The van der Waals surface area contributed by atoms with Crippen molar-refractivity contribution in [2.75, 3.05) is 20.2 Å². The van der Waals surface area contributed by atoms with Crippen molar-refractivity contribution in [2.24, 2.45) is 0 Å². The van der Waals surface area contributed by atoms with Crippen LogP contribution < -0.4 is 21.3 Å². The summed E-state index contributed by atoms with van der Waals surface area (Å²) in [7, 11) is 1.25. The third-order valence-corrected chi connectivity index (χ3v) is 8.78. The second-order valence-electron chi connectivity index (χ2n) is 13.3. The highest BCUT2D eigenvalue weighted by atomic mass is 16.6. The summed E-state index contributed by atoms with van der Waals surface area (Å²) in [4.78, 5) is 62.7. The van der Waals surface area contributed by atoms with Gasteiger partial charge in [0.2, 0.25) is 11.8 Å². The van der Waals surface area contributed by atoms with Crippen LogP contribution in [0, 0.1) is 0 Å². The van der Waals surface area contributed by atoms with Crippen LogP contribution in [0.5, 0.6) is 0 Å². The molecule has 12 heteroatoms. The predicted molar refractivity (Wildman–Crippen MR) is 205 cm³/mol. The van der Waals surface area contributed by atoms with Crippen molar-refractivity contribution < 1.29 is 38.2 Å². The normalized spacial score (nSPS) is 11.8. The Kier molecular flexibility index (Phi) is 24.3. The molecule has 12 nitrogen and oxygen atoms in total. The average Bonchev–Trinajstić information content (AvgIpc) is 3.17. The summed E-state index contributed by atoms with van der Waals surface area (Å²) in [6.45, 7) is 3.14. The number of methoxy groups -OCH3 is 1. The Morgan fingerprint density at radius 1 is 0.566 bits per heavy atom. The van der Waals surface area contributed by atoms with Gasteiger partial charge in [0.15, 0.2) is 0 Å². The fourth-order valence-electron chi connectivity index (χ4n) is 5.67. The Morgan fingerprint density at radius 3 is 1.57 bits per heavy atom. The molecule has 0 aromatic heterocycles. The van der Waals surface area contributed by atoms with Crippen molar-refractivity contribution in [3.05, 3.63) is 71.8 Å². The molecule has 0 heterocycles. The molecule has 2 rings (SSSR count). The predicted octanol–water partition coefficient (Wildman–Crippen LogP) is 7.24. The summed E-state index contributed by atoms with van der Waals surface area (Å²) in [6, 6.07) is 16.7. The van der Waals surface area contributed by atoms with Crippen LogP contribution in [-0.4, -0.2) is 62.3 Å². The second kappa shape index (κ2) is 28.9. The lowest BCUT2D eigenvalue weighted by Gasteiger charge is -2.19. The molecule has 2 aromatic carbocycles. The van der Waals surface area contributed by atoms with Crippen LogP contribution >= 0.6 is 0 Å². The van der Waals surface area contributed by atoms with Crippen LogP contribution in [0.3, 0.4) is 0 Å². The lowest BCUT2D eigenvalue weighted by molar-refractivity contribution is -0.143. The zero-order valence-corrected chi connectivity index (χ0v) is 31.8. The van der Waals surface area contributed by atoms with Crippen molar-refractivity contribution in [1.82, 2.24) is 21.3 Å². The lowest BCUT2D eigenvalue weighted by Crippen LogP contribution is -2.47. The Labute approximate surface area is 315 Å². The smallest absolute Gasteiger partial charge is 0.408 e. The number of alkyl carbamates (subject to hydrolysis) is 2. The number of hydrogen-bond acceptors (Lipinski definition) is 8. The van der Waals surface area contributed by atoms with E-state index in [1.165, 1.54) is 52.1 Å². The minimum absolute atomic E-state index is 0.0403. The van der Waals surface area contributed by atoms with Gasteiger partial charge in [-0.2, -0.15) is 0 Å². The highest BCUT2D eigenvalue weighted by Crippen LogP contribution is 2.11. The Bertz CT molecular complexity index is 1310. The van der Waals surface area contributed by atoms with Crippen LogP contribution in [0.1, 0.15) is 121 Å². The molecular formula is C41H62N4O8. The zero-order chi connectivity index (χ0) is 38.4. The molecule has 0 aliphatic rings. The topological polar surface area (TPSA) is 161 Å². The van der Waals surface area contributed by atoms with Gasteiger partial charge in [0, 0.05) is 19.5 Å². The third-order valence-electron chi connectivity index (χ3n) is 8.78. The van der Waals surface area contributed by atoms with E-state index in [4.69, 9.17) is 14.2 Å². The Balaban J connectivity index is 1.74. The molecule has 294 valence electrons. The fraction of sp³-hybridized carbons (Fsp3) is 0.585. The number of amides is 4. The summed E-state index contributed by atoms with van der Waals surface area (Å²) in [5, 5.41) is 11.1. The van der Waals surface area contributed by atoms with E-state index in [-0.39, 0.29) is 38.0 Å². The van der Waals surface area contributed by atoms with E-state index in [1.54, 1.807) is 0 Å². The molecule has 0 aliphatic heterocycles.